The standard InChI is InChI=1S/C11H14N2O2/c1-12-11(14)13-9-4-5-10-8(7-9)3-2-6-15-10/h4-5,7H,2-3,6H2,1H3,(H2,12,13,14). The van der Waals surface area contributed by atoms with E-state index in [-0.39, 0.29) is 6.03 Å². The summed E-state index contributed by atoms with van der Waals surface area (Å²) in [5, 5.41) is 5.25. The number of nitrogens with one attached hydrogen (secondary N) is 2. The number of urea groups is 1. The molecule has 4 heteroatoms. The average molecular weight is 206 g/mol. The van der Waals surface area contributed by atoms with Crippen molar-refractivity contribution in [3.05, 3.63) is 23.8 Å². The summed E-state index contributed by atoms with van der Waals surface area (Å²) in [5.74, 6) is 0.934. The highest BCUT2D eigenvalue weighted by Crippen LogP contribution is 2.27. The molecule has 15 heavy (non-hydrogen) atoms. The molecule has 0 aliphatic carbocycles. The highest BCUT2D eigenvalue weighted by Gasteiger charge is 2.10. The summed E-state index contributed by atoms with van der Waals surface area (Å²) in [7, 11) is 1.59. The van der Waals surface area contributed by atoms with Crippen LogP contribution in [-0.4, -0.2) is 19.7 Å². The van der Waals surface area contributed by atoms with Crippen molar-refractivity contribution < 1.29 is 9.53 Å². The van der Waals surface area contributed by atoms with Gasteiger partial charge >= 0.3 is 6.03 Å². The average Bonchev–Trinajstić information content (AvgIpc) is 2.29. The van der Waals surface area contributed by atoms with Crippen molar-refractivity contribution in [3.8, 4) is 5.75 Å². The third kappa shape index (κ3) is 2.21. The van der Waals surface area contributed by atoms with Gasteiger partial charge in [-0.25, -0.2) is 4.79 Å². The molecule has 0 unspecified atom stereocenters. The Morgan fingerprint density at radius 3 is 3.13 bits per heavy atom. The molecule has 1 aromatic carbocycles. The summed E-state index contributed by atoms with van der Waals surface area (Å²) in [6.07, 6.45) is 2.05. The molecule has 1 aliphatic heterocycles. The molecular weight excluding hydrogens is 192 g/mol. The van der Waals surface area contributed by atoms with Gasteiger partial charge in [0.05, 0.1) is 6.61 Å². The Morgan fingerprint density at radius 1 is 1.47 bits per heavy atom. The molecule has 2 N–H and O–H groups in total. The summed E-state index contributed by atoms with van der Waals surface area (Å²) >= 11 is 0. The fourth-order valence-electron chi connectivity index (χ4n) is 1.63. The van der Waals surface area contributed by atoms with E-state index < -0.39 is 0 Å². The molecule has 0 atom stereocenters. The molecule has 0 saturated heterocycles. The Bertz CT molecular complexity index is 377. The molecule has 0 fully saturated rings. The lowest BCUT2D eigenvalue weighted by Gasteiger charge is -2.17. The molecule has 1 aliphatic rings. The van der Waals surface area contributed by atoms with E-state index in [4.69, 9.17) is 4.74 Å². The van der Waals surface area contributed by atoms with Crippen molar-refractivity contribution in [3.63, 3.8) is 0 Å². The number of ether oxygens (including phenoxy) is 1. The van der Waals surface area contributed by atoms with Crippen LogP contribution in [0.4, 0.5) is 10.5 Å². The number of aryl methyl sites for hydroxylation is 1. The van der Waals surface area contributed by atoms with Gasteiger partial charge in [0.1, 0.15) is 5.75 Å². The van der Waals surface area contributed by atoms with E-state index in [0.29, 0.717) is 0 Å². The van der Waals surface area contributed by atoms with Gasteiger partial charge in [-0.15, -0.1) is 0 Å². The Kier molecular flexibility index (Phi) is 2.76. The lowest BCUT2D eigenvalue weighted by molar-refractivity contribution is 0.254. The first-order chi connectivity index (χ1) is 7.29. The van der Waals surface area contributed by atoms with Crippen LogP contribution in [0.5, 0.6) is 5.75 Å². The second-order valence-corrected chi connectivity index (χ2v) is 3.48. The Hall–Kier alpha value is -1.71. The zero-order chi connectivity index (χ0) is 10.7. The van der Waals surface area contributed by atoms with Crippen LogP contribution in [0.25, 0.3) is 0 Å². The van der Waals surface area contributed by atoms with Crippen molar-refractivity contribution >= 4 is 11.7 Å². The van der Waals surface area contributed by atoms with Gasteiger partial charge in [0.15, 0.2) is 0 Å². The van der Waals surface area contributed by atoms with Crippen LogP contribution in [0.2, 0.25) is 0 Å². The maximum Gasteiger partial charge on any atom is 0.318 e. The molecule has 0 spiro atoms. The lowest BCUT2D eigenvalue weighted by Crippen LogP contribution is -2.24. The molecule has 80 valence electrons. The fraction of sp³-hybridized carbons (Fsp3) is 0.364. The zero-order valence-electron chi connectivity index (χ0n) is 8.67. The molecule has 2 rings (SSSR count). The number of carbonyl (C=O) groups excluding carboxylic acids is 1. The molecule has 1 heterocycles. The van der Waals surface area contributed by atoms with E-state index in [1.165, 1.54) is 0 Å². The molecule has 4 nitrogen and oxygen atoms in total. The highest BCUT2D eigenvalue weighted by atomic mass is 16.5. The minimum absolute atomic E-state index is 0.202. The Balaban J connectivity index is 2.17. The second-order valence-electron chi connectivity index (χ2n) is 3.48. The number of rotatable bonds is 1. The minimum atomic E-state index is -0.202. The lowest BCUT2D eigenvalue weighted by atomic mass is 10.1. The third-order valence-corrected chi connectivity index (χ3v) is 2.39. The van der Waals surface area contributed by atoms with Gasteiger partial charge in [-0.3, -0.25) is 0 Å². The smallest absolute Gasteiger partial charge is 0.318 e. The number of carbonyl (C=O) groups is 1. The first kappa shape index (κ1) is 9.83. The van der Waals surface area contributed by atoms with Gasteiger partial charge in [-0.05, 0) is 36.6 Å². The number of amides is 2. The van der Waals surface area contributed by atoms with Gasteiger partial charge in [0, 0.05) is 12.7 Å². The summed E-state index contributed by atoms with van der Waals surface area (Å²) in [4.78, 5) is 11.1. The highest BCUT2D eigenvalue weighted by molar-refractivity contribution is 5.89. The molecule has 1 aromatic rings. The number of fused-ring (bicyclic) bond motifs is 1. The molecule has 2 amide bonds. The van der Waals surface area contributed by atoms with Crippen LogP contribution >= 0.6 is 0 Å². The first-order valence-electron chi connectivity index (χ1n) is 5.04. The van der Waals surface area contributed by atoms with Crippen molar-refractivity contribution in [1.29, 1.82) is 0 Å². The first-order valence-corrected chi connectivity index (χ1v) is 5.04. The van der Waals surface area contributed by atoms with Crippen molar-refractivity contribution in [2.75, 3.05) is 19.0 Å². The van der Waals surface area contributed by atoms with E-state index in [1.54, 1.807) is 7.05 Å². The monoisotopic (exact) mass is 206 g/mol. The minimum Gasteiger partial charge on any atom is -0.493 e. The van der Waals surface area contributed by atoms with Gasteiger partial charge in [0.2, 0.25) is 0 Å². The zero-order valence-corrected chi connectivity index (χ0v) is 8.67. The Labute approximate surface area is 88.6 Å². The van der Waals surface area contributed by atoms with Crippen molar-refractivity contribution in [2.24, 2.45) is 0 Å². The van der Waals surface area contributed by atoms with Crippen LogP contribution in [0.15, 0.2) is 18.2 Å². The van der Waals surface area contributed by atoms with E-state index in [9.17, 15) is 4.79 Å². The predicted octanol–water partition coefficient (Wildman–Crippen LogP) is 1.76. The fourth-order valence-corrected chi connectivity index (χ4v) is 1.63. The van der Waals surface area contributed by atoms with Gasteiger partial charge in [-0.1, -0.05) is 0 Å². The summed E-state index contributed by atoms with van der Waals surface area (Å²) in [6, 6.07) is 5.51. The van der Waals surface area contributed by atoms with Gasteiger partial charge in [-0.2, -0.15) is 0 Å². The van der Waals surface area contributed by atoms with Crippen molar-refractivity contribution in [2.45, 2.75) is 12.8 Å². The molecular formula is C11H14N2O2. The number of benzene rings is 1. The summed E-state index contributed by atoms with van der Waals surface area (Å²) < 4.78 is 5.48. The van der Waals surface area contributed by atoms with Crippen LogP contribution in [0.3, 0.4) is 0 Å². The molecule has 0 saturated carbocycles. The SMILES string of the molecule is CNC(=O)Nc1ccc2c(c1)CCCO2. The Morgan fingerprint density at radius 2 is 2.33 bits per heavy atom. The molecule has 0 radical (unpaired) electrons. The van der Waals surface area contributed by atoms with E-state index in [2.05, 4.69) is 10.6 Å². The van der Waals surface area contributed by atoms with Crippen LogP contribution in [0, 0.1) is 0 Å². The quantitative estimate of drug-likeness (QED) is 0.735. The number of hydrogen-bond acceptors (Lipinski definition) is 2. The van der Waals surface area contributed by atoms with Crippen LogP contribution in [0.1, 0.15) is 12.0 Å². The number of hydrogen-bond donors (Lipinski definition) is 2. The van der Waals surface area contributed by atoms with Crippen molar-refractivity contribution in [1.82, 2.24) is 5.32 Å². The predicted molar refractivity (Wildman–Crippen MR) is 58.3 cm³/mol. The van der Waals surface area contributed by atoms with E-state index in [1.807, 2.05) is 18.2 Å². The van der Waals surface area contributed by atoms with E-state index >= 15 is 0 Å². The summed E-state index contributed by atoms with van der Waals surface area (Å²) in [6.45, 7) is 0.787. The third-order valence-electron chi connectivity index (χ3n) is 2.39. The molecule has 0 bridgehead atoms. The van der Waals surface area contributed by atoms with Gasteiger partial charge < -0.3 is 15.4 Å². The largest absolute Gasteiger partial charge is 0.493 e. The molecule has 0 aromatic heterocycles. The van der Waals surface area contributed by atoms with Crippen LogP contribution < -0.4 is 15.4 Å². The number of anilines is 1. The van der Waals surface area contributed by atoms with Gasteiger partial charge in [0.25, 0.3) is 0 Å². The normalized spacial score (nSPS) is 13.7. The topological polar surface area (TPSA) is 50.4 Å². The maximum atomic E-state index is 11.1. The van der Waals surface area contributed by atoms with Crippen LogP contribution in [-0.2, 0) is 6.42 Å². The van der Waals surface area contributed by atoms with E-state index in [0.717, 1.165) is 36.4 Å². The maximum absolute atomic E-state index is 11.1. The summed E-state index contributed by atoms with van der Waals surface area (Å²) in [5.41, 5.74) is 1.97. The second kappa shape index (κ2) is 4.21.